The van der Waals surface area contributed by atoms with Gasteiger partial charge in [-0.05, 0) is 60.3 Å². The number of nitrogens with zero attached hydrogens (tertiary/aromatic N) is 1. The maximum Gasteiger partial charge on any atom is 0.417 e. The molecule has 0 bridgehead atoms. The maximum absolute atomic E-state index is 12.6. The van der Waals surface area contributed by atoms with E-state index in [1.807, 2.05) is 0 Å². The molecule has 26 heavy (non-hydrogen) atoms. The van der Waals surface area contributed by atoms with E-state index in [2.05, 4.69) is 5.32 Å². The number of fused-ring (bicyclic) bond motifs is 1. The molecule has 2 aliphatic rings. The number of aliphatic hydroxyl groups is 1. The quantitative estimate of drug-likeness (QED) is 0.785. The first-order valence-electron chi connectivity index (χ1n) is 8.99. The fraction of sp³-hybridized carbons (Fsp3) is 0.833. The molecule has 0 radical (unpaired) electrons. The van der Waals surface area contributed by atoms with Gasteiger partial charge in [-0.3, -0.25) is 4.79 Å². The molecule has 4 atom stereocenters. The molecule has 1 aliphatic carbocycles. The van der Waals surface area contributed by atoms with Crippen LogP contribution < -0.4 is 5.32 Å². The maximum atomic E-state index is 12.6. The molecule has 148 valence electrons. The van der Waals surface area contributed by atoms with Crippen molar-refractivity contribution in [3.63, 3.8) is 0 Å². The van der Waals surface area contributed by atoms with Crippen LogP contribution in [0.2, 0.25) is 0 Å². The first-order chi connectivity index (χ1) is 11.8. The lowest BCUT2D eigenvalue weighted by Crippen LogP contribution is -2.44. The second-order valence-electron chi connectivity index (χ2n) is 9.02. The van der Waals surface area contributed by atoms with E-state index in [1.54, 1.807) is 41.5 Å². The molecular weight excluding hydrogens is 340 g/mol. The summed E-state index contributed by atoms with van der Waals surface area (Å²) in [5.74, 6) is -0.658. The van der Waals surface area contributed by atoms with E-state index in [1.165, 1.54) is 4.90 Å². The Hall–Kier alpha value is -1.83. The Morgan fingerprint density at radius 2 is 1.77 bits per heavy atom. The van der Waals surface area contributed by atoms with Gasteiger partial charge in [0.05, 0.1) is 12.6 Å². The number of rotatable bonds is 4. The van der Waals surface area contributed by atoms with Crippen LogP contribution in [-0.2, 0) is 14.3 Å². The average Bonchev–Trinajstić information content (AvgIpc) is 3.13. The van der Waals surface area contributed by atoms with Crippen molar-refractivity contribution in [2.45, 2.75) is 77.7 Å². The van der Waals surface area contributed by atoms with Gasteiger partial charge in [-0.2, -0.15) is 0 Å². The van der Waals surface area contributed by atoms with Crippen molar-refractivity contribution < 1.29 is 29.0 Å². The summed E-state index contributed by atoms with van der Waals surface area (Å²) in [6, 6.07) is -0.748. The number of nitrogens with one attached hydrogen (secondary N) is 1. The Morgan fingerprint density at radius 3 is 2.27 bits per heavy atom. The van der Waals surface area contributed by atoms with E-state index in [4.69, 9.17) is 9.47 Å². The van der Waals surface area contributed by atoms with Crippen molar-refractivity contribution in [1.82, 2.24) is 10.2 Å². The summed E-state index contributed by atoms with van der Waals surface area (Å²) in [5, 5.41) is 12.2. The molecule has 3 amide bonds. The largest absolute Gasteiger partial charge is 0.444 e. The lowest BCUT2D eigenvalue weighted by molar-refractivity contribution is -0.132. The number of carbonyl (C=O) groups excluding carboxylic acids is 3. The zero-order chi connectivity index (χ0) is 19.9. The van der Waals surface area contributed by atoms with E-state index < -0.39 is 35.3 Å². The average molecular weight is 370 g/mol. The van der Waals surface area contributed by atoms with Crippen molar-refractivity contribution in [1.29, 1.82) is 0 Å². The molecule has 8 nitrogen and oxygen atoms in total. The van der Waals surface area contributed by atoms with Crippen LogP contribution in [0.25, 0.3) is 0 Å². The van der Waals surface area contributed by atoms with Crippen LogP contribution in [0, 0.1) is 11.8 Å². The summed E-state index contributed by atoms with van der Waals surface area (Å²) < 4.78 is 10.5. The Balaban J connectivity index is 1.96. The van der Waals surface area contributed by atoms with Gasteiger partial charge in [0, 0.05) is 12.0 Å². The van der Waals surface area contributed by atoms with Crippen LogP contribution in [0.1, 0.15) is 54.4 Å². The van der Waals surface area contributed by atoms with E-state index in [0.717, 1.165) is 6.42 Å². The molecule has 2 fully saturated rings. The van der Waals surface area contributed by atoms with Gasteiger partial charge in [-0.25, -0.2) is 14.5 Å². The third kappa shape index (κ3) is 5.09. The second-order valence-corrected chi connectivity index (χ2v) is 9.02. The van der Waals surface area contributed by atoms with Gasteiger partial charge in [0.15, 0.2) is 0 Å². The number of likely N-dealkylation sites (tertiary alicyclic amines) is 1. The number of alkyl carbamates (subject to hydrolysis) is 1. The minimum Gasteiger partial charge on any atom is -0.444 e. The zero-order valence-corrected chi connectivity index (χ0v) is 16.4. The topological polar surface area (TPSA) is 105 Å². The van der Waals surface area contributed by atoms with E-state index in [0.29, 0.717) is 0 Å². The van der Waals surface area contributed by atoms with Crippen LogP contribution >= 0.6 is 0 Å². The minimum absolute atomic E-state index is 0.0597. The second kappa shape index (κ2) is 7.06. The molecule has 0 aromatic carbocycles. The first-order valence-corrected chi connectivity index (χ1v) is 8.99. The van der Waals surface area contributed by atoms with Gasteiger partial charge in [0.25, 0.3) is 0 Å². The highest BCUT2D eigenvalue weighted by Gasteiger charge is 2.61. The Morgan fingerprint density at radius 1 is 1.19 bits per heavy atom. The van der Waals surface area contributed by atoms with E-state index in [9.17, 15) is 19.5 Å². The third-order valence-corrected chi connectivity index (χ3v) is 4.28. The van der Waals surface area contributed by atoms with Gasteiger partial charge in [-0.1, -0.05) is 0 Å². The van der Waals surface area contributed by atoms with Crippen LogP contribution in [0.15, 0.2) is 0 Å². The molecular formula is C18H30N2O6. The van der Waals surface area contributed by atoms with Crippen LogP contribution in [-0.4, -0.2) is 58.0 Å². The molecule has 0 aromatic heterocycles. The highest BCUT2D eigenvalue weighted by atomic mass is 16.6. The molecule has 2 rings (SSSR count). The molecule has 0 spiro atoms. The summed E-state index contributed by atoms with van der Waals surface area (Å²) in [6.07, 6.45) is -0.272. The lowest BCUT2D eigenvalue weighted by Gasteiger charge is -2.26. The molecule has 8 heteroatoms. The number of carbonyl (C=O) groups is 3. The molecule has 0 aromatic rings. The number of hydrogen-bond donors (Lipinski definition) is 2. The van der Waals surface area contributed by atoms with Crippen molar-refractivity contribution in [3.05, 3.63) is 0 Å². The van der Waals surface area contributed by atoms with Gasteiger partial charge in [0.2, 0.25) is 5.91 Å². The van der Waals surface area contributed by atoms with Crippen LogP contribution in [0.4, 0.5) is 9.59 Å². The first kappa shape index (κ1) is 20.5. The zero-order valence-electron chi connectivity index (χ0n) is 16.4. The summed E-state index contributed by atoms with van der Waals surface area (Å²) in [6.45, 7) is 10.2. The standard InChI is InChI=1S/C18H30N2O6/c1-17(2,3)25-15(23)19-10(9-21)7-12-11-8-13(11)20(14(12)22)16(24)26-18(4,5)6/h10-13,21H,7-9H2,1-6H3,(H,19,23)/t10-,11+,12+,13+/m0/s1. The number of amides is 3. The monoisotopic (exact) mass is 370 g/mol. The number of ether oxygens (including phenoxy) is 2. The summed E-state index contributed by atoms with van der Waals surface area (Å²) in [7, 11) is 0. The fourth-order valence-corrected chi connectivity index (χ4v) is 3.23. The normalized spacial score (nSPS) is 26.2. The molecule has 2 N–H and O–H groups in total. The summed E-state index contributed by atoms with van der Waals surface area (Å²) in [4.78, 5) is 38.0. The van der Waals surface area contributed by atoms with Gasteiger partial charge < -0.3 is 19.9 Å². The SMILES string of the molecule is CC(C)(C)OC(=O)N[C@H](CO)C[C@H]1C(=O)N(C(=O)OC(C)(C)C)[C@@H]2C[C@@H]21. The Labute approximate surface area is 154 Å². The Bertz CT molecular complexity index is 577. The van der Waals surface area contributed by atoms with Crippen molar-refractivity contribution in [2.24, 2.45) is 11.8 Å². The molecule has 1 heterocycles. The predicted octanol–water partition coefficient (Wildman–Crippen LogP) is 2.04. The van der Waals surface area contributed by atoms with Crippen molar-refractivity contribution >= 4 is 18.1 Å². The molecule has 1 saturated heterocycles. The van der Waals surface area contributed by atoms with E-state index >= 15 is 0 Å². The van der Waals surface area contributed by atoms with Crippen LogP contribution in [0.5, 0.6) is 0 Å². The minimum atomic E-state index is -0.675. The van der Waals surface area contributed by atoms with Crippen LogP contribution in [0.3, 0.4) is 0 Å². The third-order valence-electron chi connectivity index (χ3n) is 4.28. The van der Waals surface area contributed by atoms with Crippen molar-refractivity contribution in [2.75, 3.05) is 6.61 Å². The number of piperidine rings is 1. The Kier molecular flexibility index (Phi) is 5.56. The molecule has 1 aliphatic heterocycles. The smallest absolute Gasteiger partial charge is 0.417 e. The van der Waals surface area contributed by atoms with E-state index in [-0.39, 0.29) is 30.9 Å². The molecule has 0 unspecified atom stereocenters. The number of hydrogen-bond acceptors (Lipinski definition) is 6. The van der Waals surface area contributed by atoms with Gasteiger partial charge in [0.1, 0.15) is 11.2 Å². The fourth-order valence-electron chi connectivity index (χ4n) is 3.23. The van der Waals surface area contributed by atoms with Crippen molar-refractivity contribution in [3.8, 4) is 0 Å². The van der Waals surface area contributed by atoms with Gasteiger partial charge in [-0.15, -0.1) is 0 Å². The van der Waals surface area contributed by atoms with Gasteiger partial charge >= 0.3 is 12.2 Å². The highest BCUT2D eigenvalue weighted by Crippen LogP contribution is 2.51. The number of imide groups is 1. The highest BCUT2D eigenvalue weighted by molar-refractivity contribution is 5.97. The lowest BCUT2D eigenvalue weighted by atomic mass is 9.96. The summed E-state index contributed by atoms with van der Waals surface area (Å²) >= 11 is 0. The number of aliphatic hydroxyl groups excluding tert-OH is 1. The summed E-state index contributed by atoms with van der Waals surface area (Å²) in [5.41, 5.74) is -1.33. The predicted molar refractivity (Wildman–Crippen MR) is 93.3 cm³/mol. The molecule has 1 saturated carbocycles.